The van der Waals surface area contributed by atoms with Crippen LogP contribution in [0.1, 0.15) is 112 Å². The fourth-order valence-electron chi connectivity index (χ4n) is 9.27. The number of rotatable bonds is 7. The van der Waals surface area contributed by atoms with Gasteiger partial charge in [0.2, 0.25) is 0 Å². The Hall–Kier alpha value is -0.560. The van der Waals surface area contributed by atoms with Gasteiger partial charge in [-0.2, -0.15) is 0 Å². The maximum atomic E-state index is 10.3. The minimum Gasteiger partial charge on any atom is -0.393 e. The minimum atomic E-state index is -0.0859. The molecule has 0 heterocycles. The summed E-state index contributed by atoms with van der Waals surface area (Å²) in [6, 6.07) is 0. The molecule has 1 N–H and O–H groups in total. The third kappa shape index (κ3) is 4.00. The first-order chi connectivity index (χ1) is 14.7. The predicted octanol–water partition coefficient (Wildman–Crippen LogP) is 8.34. The highest BCUT2D eigenvalue weighted by molar-refractivity contribution is 5.25. The van der Waals surface area contributed by atoms with Gasteiger partial charge in [-0.1, -0.05) is 58.4 Å². The second-order valence-electron chi connectivity index (χ2n) is 12.6. The van der Waals surface area contributed by atoms with Gasteiger partial charge in [0, 0.05) is 0 Å². The van der Waals surface area contributed by atoms with Crippen LogP contribution in [0, 0.1) is 46.3 Å². The SMILES string of the molecule is C=C(CC)C(CC)CCC(C)C1CCC2C3CC=C4C[C@@H](O)CC[C@]4(C)C3CC[C@]12C. The molecule has 0 amide bonds. The maximum absolute atomic E-state index is 10.3. The third-order valence-corrected chi connectivity index (χ3v) is 11.3. The molecule has 4 aliphatic carbocycles. The average Bonchev–Trinajstić information content (AvgIpc) is 3.11. The Balaban J connectivity index is 1.46. The summed E-state index contributed by atoms with van der Waals surface area (Å²) >= 11 is 0. The summed E-state index contributed by atoms with van der Waals surface area (Å²) in [7, 11) is 0. The molecule has 0 aromatic carbocycles. The number of aliphatic hydroxyl groups excluding tert-OH is 1. The Bertz CT molecular complexity index is 691. The van der Waals surface area contributed by atoms with E-state index in [4.69, 9.17) is 0 Å². The summed E-state index contributed by atoms with van der Waals surface area (Å²) in [6.07, 6.45) is 17.9. The molecule has 9 atom stereocenters. The molecule has 0 aromatic rings. The number of aliphatic hydroxyl groups is 1. The molecule has 4 rings (SSSR count). The molecule has 0 aromatic heterocycles. The number of hydrogen-bond acceptors (Lipinski definition) is 1. The van der Waals surface area contributed by atoms with E-state index in [9.17, 15) is 5.11 Å². The fraction of sp³-hybridized carbons (Fsp3) is 0.867. The molecule has 0 aliphatic heterocycles. The van der Waals surface area contributed by atoms with Crippen molar-refractivity contribution < 1.29 is 5.11 Å². The number of hydrogen-bond donors (Lipinski definition) is 1. The van der Waals surface area contributed by atoms with Crippen LogP contribution < -0.4 is 0 Å². The summed E-state index contributed by atoms with van der Waals surface area (Å²) in [6.45, 7) is 16.8. The van der Waals surface area contributed by atoms with Crippen molar-refractivity contribution in [3.05, 3.63) is 23.8 Å². The fourth-order valence-corrected chi connectivity index (χ4v) is 9.27. The molecule has 1 nitrogen and oxygen atoms in total. The van der Waals surface area contributed by atoms with Gasteiger partial charge in [-0.05, 0) is 123 Å². The van der Waals surface area contributed by atoms with Crippen molar-refractivity contribution in [2.75, 3.05) is 0 Å². The van der Waals surface area contributed by atoms with Gasteiger partial charge in [0.15, 0.2) is 0 Å². The second-order valence-corrected chi connectivity index (χ2v) is 12.6. The molecule has 3 saturated carbocycles. The molecule has 6 unspecified atom stereocenters. The summed E-state index contributed by atoms with van der Waals surface area (Å²) < 4.78 is 0. The van der Waals surface area contributed by atoms with E-state index in [0.29, 0.717) is 10.8 Å². The molecule has 4 aliphatic rings. The van der Waals surface area contributed by atoms with Crippen LogP contribution in [0.4, 0.5) is 0 Å². The molecule has 3 fully saturated rings. The van der Waals surface area contributed by atoms with Crippen LogP contribution in [0.25, 0.3) is 0 Å². The molecule has 0 saturated heterocycles. The average molecular weight is 427 g/mol. The van der Waals surface area contributed by atoms with Crippen molar-refractivity contribution in [2.24, 2.45) is 46.3 Å². The van der Waals surface area contributed by atoms with Gasteiger partial charge in [-0.25, -0.2) is 0 Å². The Morgan fingerprint density at radius 2 is 1.87 bits per heavy atom. The summed E-state index contributed by atoms with van der Waals surface area (Å²) in [5.74, 6) is 5.18. The molecule has 0 radical (unpaired) electrons. The van der Waals surface area contributed by atoms with Crippen LogP contribution in [0.3, 0.4) is 0 Å². The van der Waals surface area contributed by atoms with E-state index in [-0.39, 0.29) is 6.10 Å². The van der Waals surface area contributed by atoms with E-state index in [1.54, 1.807) is 5.57 Å². The Labute approximate surface area is 193 Å². The van der Waals surface area contributed by atoms with Gasteiger partial charge < -0.3 is 5.11 Å². The van der Waals surface area contributed by atoms with Crippen molar-refractivity contribution >= 4 is 0 Å². The summed E-state index contributed by atoms with van der Waals surface area (Å²) in [5.41, 5.74) is 4.02. The third-order valence-electron chi connectivity index (χ3n) is 11.3. The van der Waals surface area contributed by atoms with Gasteiger partial charge in [-0.3, -0.25) is 0 Å². The highest BCUT2D eigenvalue weighted by Gasteiger charge is 2.59. The van der Waals surface area contributed by atoms with Gasteiger partial charge in [0.05, 0.1) is 6.10 Å². The molecule has 31 heavy (non-hydrogen) atoms. The van der Waals surface area contributed by atoms with E-state index in [2.05, 4.69) is 47.3 Å². The highest BCUT2D eigenvalue weighted by atomic mass is 16.3. The standard InChI is InChI=1S/C30H50O/c1-7-20(3)22(8-2)10-9-21(4)26-13-14-27-25-12-11-23-19-24(31)15-17-29(23,5)28(25)16-18-30(26,27)6/h11,21-22,24-28,31H,3,7-10,12-19H2,1-2,4-6H3/t21?,22?,24-,25?,26?,27?,28?,29-,30+/m0/s1. The van der Waals surface area contributed by atoms with E-state index in [0.717, 1.165) is 54.8 Å². The predicted molar refractivity (Wildman–Crippen MR) is 133 cm³/mol. The van der Waals surface area contributed by atoms with Gasteiger partial charge in [0.1, 0.15) is 0 Å². The van der Waals surface area contributed by atoms with Crippen molar-refractivity contribution in [1.29, 1.82) is 0 Å². The summed E-state index contributed by atoms with van der Waals surface area (Å²) in [5, 5.41) is 10.3. The van der Waals surface area contributed by atoms with E-state index < -0.39 is 0 Å². The van der Waals surface area contributed by atoms with Crippen LogP contribution in [0.2, 0.25) is 0 Å². The van der Waals surface area contributed by atoms with Crippen molar-refractivity contribution in [3.63, 3.8) is 0 Å². The van der Waals surface area contributed by atoms with Crippen molar-refractivity contribution in [3.8, 4) is 0 Å². The van der Waals surface area contributed by atoms with Crippen molar-refractivity contribution in [2.45, 2.75) is 118 Å². The maximum Gasteiger partial charge on any atom is 0.0577 e. The van der Waals surface area contributed by atoms with Crippen LogP contribution in [-0.2, 0) is 0 Å². The zero-order valence-electron chi connectivity index (χ0n) is 21.3. The van der Waals surface area contributed by atoms with Crippen LogP contribution in [0.5, 0.6) is 0 Å². The van der Waals surface area contributed by atoms with Gasteiger partial charge in [-0.15, -0.1) is 0 Å². The quantitative estimate of drug-likeness (QED) is 0.406. The first kappa shape index (κ1) is 23.6. The zero-order chi connectivity index (χ0) is 22.4. The largest absolute Gasteiger partial charge is 0.393 e. The lowest BCUT2D eigenvalue weighted by Gasteiger charge is -2.58. The van der Waals surface area contributed by atoms with Gasteiger partial charge in [0.25, 0.3) is 0 Å². The highest BCUT2D eigenvalue weighted by Crippen LogP contribution is 2.67. The molecule has 0 bridgehead atoms. The van der Waals surface area contributed by atoms with Gasteiger partial charge >= 0.3 is 0 Å². The van der Waals surface area contributed by atoms with E-state index in [1.807, 2.05) is 0 Å². The summed E-state index contributed by atoms with van der Waals surface area (Å²) in [4.78, 5) is 0. The molecular weight excluding hydrogens is 376 g/mol. The van der Waals surface area contributed by atoms with E-state index in [1.165, 1.54) is 63.4 Å². The van der Waals surface area contributed by atoms with Crippen LogP contribution in [-0.4, -0.2) is 11.2 Å². The first-order valence-electron chi connectivity index (χ1n) is 13.8. The molecular formula is C30H50O. The van der Waals surface area contributed by atoms with Crippen molar-refractivity contribution in [1.82, 2.24) is 0 Å². The normalized spacial score (nSPS) is 43.9. The molecule has 0 spiro atoms. The number of allylic oxidation sites excluding steroid dienone is 2. The molecule has 176 valence electrons. The zero-order valence-corrected chi connectivity index (χ0v) is 21.3. The van der Waals surface area contributed by atoms with Crippen LogP contribution in [0.15, 0.2) is 23.8 Å². The Kier molecular flexibility index (Phi) is 6.85. The lowest BCUT2D eigenvalue weighted by atomic mass is 9.47. The lowest BCUT2D eigenvalue weighted by Crippen LogP contribution is -2.50. The Morgan fingerprint density at radius 1 is 1.10 bits per heavy atom. The number of fused-ring (bicyclic) bond motifs is 5. The van der Waals surface area contributed by atoms with E-state index >= 15 is 0 Å². The minimum absolute atomic E-state index is 0.0859. The smallest absolute Gasteiger partial charge is 0.0577 e. The molecule has 1 heteroatoms. The Morgan fingerprint density at radius 3 is 2.58 bits per heavy atom. The topological polar surface area (TPSA) is 20.2 Å². The monoisotopic (exact) mass is 426 g/mol. The second kappa shape index (κ2) is 9.00. The van der Waals surface area contributed by atoms with Crippen LogP contribution >= 0.6 is 0 Å². The first-order valence-corrected chi connectivity index (χ1v) is 13.8. The lowest BCUT2D eigenvalue weighted by molar-refractivity contribution is -0.0574.